The molecular formula is C22H25N2O8P. The molecule has 1 atom stereocenters. The molecule has 0 aromatic heterocycles. The second-order valence-corrected chi connectivity index (χ2v) is 9.54. The van der Waals surface area contributed by atoms with Gasteiger partial charge in [-0.3, -0.25) is 24.3 Å². The third kappa shape index (κ3) is 5.20. The number of hydrogen-bond acceptors (Lipinski definition) is 8. The molecule has 2 aromatic rings. The Labute approximate surface area is 191 Å². The molecule has 0 aliphatic carbocycles. The highest BCUT2D eigenvalue weighted by Gasteiger charge is 2.51. The van der Waals surface area contributed by atoms with E-state index in [1.54, 1.807) is 26.0 Å². The quantitative estimate of drug-likeness (QED) is 0.202. The van der Waals surface area contributed by atoms with Crippen molar-refractivity contribution in [3.05, 3.63) is 75.3 Å². The summed E-state index contributed by atoms with van der Waals surface area (Å²) in [4.78, 5) is 37.6. The molecule has 2 amide bonds. The Morgan fingerprint density at radius 1 is 0.970 bits per heavy atom. The second kappa shape index (κ2) is 9.93. The van der Waals surface area contributed by atoms with Gasteiger partial charge in [0.15, 0.2) is 5.72 Å². The number of rotatable bonds is 11. The first-order valence-corrected chi connectivity index (χ1v) is 12.1. The number of benzene rings is 2. The van der Waals surface area contributed by atoms with Crippen LogP contribution in [0.25, 0.3) is 0 Å². The molecule has 33 heavy (non-hydrogen) atoms. The van der Waals surface area contributed by atoms with Gasteiger partial charge in [-0.1, -0.05) is 12.1 Å². The number of amides is 2. The lowest BCUT2D eigenvalue weighted by molar-refractivity contribution is -0.384. The molecule has 0 saturated heterocycles. The number of nitrogens with zero attached hydrogens (tertiary/aromatic N) is 2. The van der Waals surface area contributed by atoms with Crippen molar-refractivity contribution in [2.24, 2.45) is 0 Å². The van der Waals surface area contributed by atoms with Crippen LogP contribution in [0.3, 0.4) is 0 Å². The van der Waals surface area contributed by atoms with Crippen LogP contribution in [0.2, 0.25) is 0 Å². The highest BCUT2D eigenvalue weighted by atomic mass is 31.2. The van der Waals surface area contributed by atoms with Gasteiger partial charge in [-0.05, 0) is 50.6 Å². The molecule has 3 rings (SSSR count). The number of carbonyl (C=O) groups is 2. The molecule has 176 valence electrons. The van der Waals surface area contributed by atoms with E-state index in [4.69, 9.17) is 13.8 Å². The molecular weight excluding hydrogens is 451 g/mol. The minimum Gasteiger partial charge on any atom is -0.350 e. The summed E-state index contributed by atoms with van der Waals surface area (Å²) in [7, 11) is -3.74. The Hall–Kier alpha value is -2.91. The van der Waals surface area contributed by atoms with Crippen molar-refractivity contribution in [2.75, 3.05) is 19.4 Å². The third-order valence-electron chi connectivity index (χ3n) is 5.10. The third-order valence-corrected chi connectivity index (χ3v) is 7.38. The fourth-order valence-electron chi connectivity index (χ4n) is 3.63. The molecule has 10 nitrogen and oxygen atoms in total. The molecule has 1 unspecified atom stereocenters. The van der Waals surface area contributed by atoms with Gasteiger partial charge in [0.25, 0.3) is 17.5 Å². The molecule has 1 aliphatic rings. The van der Waals surface area contributed by atoms with Gasteiger partial charge in [-0.15, -0.1) is 0 Å². The molecule has 0 fully saturated rings. The Bertz CT molecular complexity index is 1060. The molecule has 0 saturated carbocycles. The number of hydrogen-bond donors (Lipinski definition) is 0. The van der Waals surface area contributed by atoms with E-state index in [0.717, 1.165) is 4.90 Å². The van der Waals surface area contributed by atoms with Crippen LogP contribution in [-0.4, -0.2) is 46.7 Å². The zero-order chi connectivity index (χ0) is 24.2. The molecule has 0 N–H and O–H groups in total. The van der Waals surface area contributed by atoms with Gasteiger partial charge in [0.2, 0.25) is 0 Å². The second-order valence-electron chi connectivity index (χ2n) is 7.48. The number of non-ortho nitro benzene ring substituents is 1. The first-order valence-electron chi connectivity index (χ1n) is 10.4. The molecule has 0 radical (unpaired) electrons. The van der Waals surface area contributed by atoms with E-state index in [-0.39, 0.29) is 42.8 Å². The van der Waals surface area contributed by atoms with Crippen LogP contribution in [0.5, 0.6) is 0 Å². The summed E-state index contributed by atoms with van der Waals surface area (Å²) in [6.07, 6.45) is -0.389. The van der Waals surface area contributed by atoms with Crippen LogP contribution in [0.4, 0.5) is 5.69 Å². The van der Waals surface area contributed by atoms with Crippen LogP contribution in [-0.2, 0) is 25.0 Å². The summed E-state index contributed by atoms with van der Waals surface area (Å²) in [5, 5.41) is 10.9. The van der Waals surface area contributed by atoms with E-state index in [1.807, 2.05) is 0 Å². The van der Waals surface area contributed by atoms with Crippen molar-refractivity contribution >= 4 is 25.1 Å². The molecule has 2 aromatic carbocycles. The van der Waals surface area contributed by atoms with E-state index in [1.165, 1.54) is 43.3 Å². The van der Waals surface area contributed by atoms with Gasteiger partial charge >= 0.3 is 7.60 Å². The molecule has 0 bridgehead atoms. The number of nitro groups is 1. The molecule has 11 heteroatoms. The van der Waals surface area contributed by atoms with Gasteiger partial charge in [-0.25, -0.2) is 4.90 Å². The van der Waals surface area contributed by atoms with E-state index in [0.29, 0.717) is 5.56 Å². The summed E-state index contributed by atoms with van der Waals surface area (Å²) in [6.45, 7) is 4.87. The van der Waals surface area contributed by atoms with Gasteiger partial charge in [0.05, 0.1) is 42.0 Å². The lowest BCUT2D eigenvalue weighted by Crippen LogP contribution is -2.54. The highest BCUT2D eigenvalue weighted by Crippen LogP contribution is 2.52. The Kier molecular flexibility index (Phi) is 7.44. The largest absolute Gasteiger partial charge is 0.350 e. The smallest absolute Gasteiger partial charge is 0.335 e. The molecule has 0 spiro atoms. The first-order chi connectivity index (χ1) is 15.6. The zero-order valence-electron chi connectivity index (χ0n) is 18.6. The predicted octanol–water partition coefficient (Wildman–Crippen LogP) is 4.39. The lowest BCUT2D eigenvalue weighted by atomic mass is 10.1. The maximum absolute atomic E-state index is 13.4. The predicted molar refractivity (Wildman–Crippen MR) is 119 cm³/mol. The van der Waals surface area contributed by atoms with Crippen LogP contribution < -0.4 is 0 Å². The highest BCUT2D eigenvalue weighted by molar-refractivity contribution is 7.53. The monoisotopic (exact) mass is 476 g/mol. The average molecular weight is 476 g/mol. The summed E-state index contributed by atoms with van der Waals surface area (Å²) in [6, 6.07) is 12.0. The standard InChI is InChI=1S/C22H25N2O8P/c1-4-31-33(29,32-5-2)15-22(3,30-14-16-10-12-17(13-11-16)24(27)28)23-20(25)18-8-6-7-9-19(18)21(23)26/h6-13H,4-5,14-15H2,1-3H3. The maximum atomic E-state index is 13.4. The fourth-order valence-corrected chi connectivity index (χ4v) is 5.63. The number of nitro benzene ring substituents is 1. The van der Waals surface area contributed by atoms with Gasteiger partial charge in [-0.2, -0.15) is 0 Å². The Morgan fingerprint density at radius 2 is 1.48 bits per heavy atom. The van der Waals surface area contributed by atoms with Crippen molar-refractivity contribution in [3.8, 4) is 0 Å². The fraction of sp³-hybridized carbons (Fsp3) is 0.364. The summed E-state index contributed by atoms with van der Waals surface area (Å²) >= 11 is 0. The van der Waals surface area contributed by atoms with Crippen molar-refractivity contribution in [1.82, 2.24) is 4.90 Å². The number of imide groups is 1. The summed E-state index contributed by atoms with van der Waals surface area (Å²) < 4.78 is 30.2. The van der Waals surface area contributed by atoms with Crippen molar-refractivity contribution in [2.45, 2.75) is 33.1 Å². The summed E-state index contributed by atoms with van der Waals surface area (Å²) in [5.74, 6) is -1.16. The number of ether oxygens (including phenoxy) is 1. The average Bonchev–Trinajstić information content (AvgIpc) is 3.04. The van der Waals surface area contributed by atoms with Crippen LogP contribution >= 0.6 is 7.60 Å². The van der Waals surface area contributed by atoms with E-state index < -0.39 is 30.1 Å². The van der Waals surface area contributed by atoms with Gasteiger partial charge in [0.1, 0.15) is 0 Å². The molecule has 1 heterocycles. The topological polar surface area (TPSA) is 125 Å². The zero-order valence-corrected chi connectivity index (χ0v) is 19.4. The van der Waals surface area contributed by atoms with Gasteiger partial charge < -0.3 is 13.8 Å². The van der Waals surface area contributed by atoms with Crippen molar-refractivity contribution < 1.29 is 32.9 Å². The van der Waals surface area contributed by atoms with Crippen LogP contribution in [0.15, 0.2) is 48.5 Å². The van der Waals surface area contributed by atoms with E-state index >= 15 is 0 Å². The summed E-state index contributed by atoms with van der Waals surface area (Å²) in [5.41, 5.74) is -0.773. The van der Waals surface area contributed by atoms with E-state index in [2.05, 4.69) is 0 Å². The SMILES string of the molecule is CCOP(=O)(CC(C)(OCc1ccc([N+](=O)[O-])cc1)N1C(=O)c2ccccc2C1=O)OCC. The minimum absolute atomic E-state index is 0.0842. The minimum atomic E-state index is -3.74. The maximum Gasteiger partial charge on any atom is 0.335 e. The Morgan fingerprint density at radius 3 is 1.94 bits per heavy atom. The van der Waals surface area contributed by atoms with Crippen LogP contribution in [0, 0.1) is 10.1 Å². The van der Waals surface area contributed by atoms with E-state index in [9.17, 15) is 24.3 Å². The number of fused-ring (bicyclic) bond motifs is 1. The first kappa shape index (κ1) is 24.7. The van der Waals surface area contributed by atoms with Gasteiger partial charge in [0, 0.05) is 12.1 Å². The van der Waals surface area contributed by atoms with Crippen LogP contribution in [0.1, 0.15) is 47.1 Å². The van der Waals surface area contributed by atoms with Crippen molar-refractivity contribution in [1.29, 1.82) is 0 Å². The number of carbonyl (C=O) groups excluding carboxylic acids is 2. The molecule has 1 aliphatic heterocycles. The van der Waals surface area contributed by atoms with Crippen molar-refractivity contribution in [3.63, 3.8) is 0 Å². The lowest BCUT2D eigenvalue weighted by Gasteiger charge is -2.38. The Balaban J connectivity index is 1.95. The normalized spacial score (nSPS) is 15.4.